The smallest absolute Gasteiger partial charge is 0.223 e. The Morgan fingerprint density at radius 3 is 2.65 bits per heavy atom. The summed E-state index contributed by atoms with van der Waals surface area (Å²) in [7, 11) is 0. The van der Waals surface area contributed by atoms with Crippen molar-refractivity contribution >= 4 is 5.91 Å². The first-order chi connectivity index (χ1) is 7.97. The van der Waals surface area contributed by atoms with Crippen molar-refractivity contribution in [2.75, 3.05) is 0 Å². The number of amides is 1. The first kappa shape index (κ1) is 13.2. The van der Waals surface area contributed by atoms with Crippen LogP contribution in [0, 0.1) is 5.82 Å². The highest BCUT2D eigenvalue weighted by Crippen LogP contribution is 2.25. The molecule has 3 nitrogen and oxygen atoms in total. The van der Waals surface area contributed by atoms with Gasteiger partial charge in [-0.25, -0.2) is 4.39 Å². The summed E-state index contributed by atoms with van der Waals surface area (Å²) in [6.45, 7) is 5.08. The van der Waals surface area contributed by atoms with Gasteiger partial charge in [0.1, 0.15) is 0 Å². The van der Waals surface area contributed by atoms with Gasteiger partial charge < -0.3 is 10.0 Å². The van der Waals surface area contributed by atoms with Gasteiger partial charge in [0.25, 0.3) is 0 Å². The molecule has 1 rings (SSSR count). The third-order valence-electron chi connectivity index (χ3n) is 2.54. The molecule has 1 aromatic rings. The van der Waals surface area contributed by atoms with Crippen LogP contribution in [-0.4, -0.2) is 15.9 Å². The van der Waals surface area contributed by atoms with Gasteiger partial charge in [-0.1, -0.05) is 12.1 Å². The van der Waals surface area contributed by atoms with Gasteiger partial charge in [0.15, 0.2) is 11.6 Å². The summed E-state index contributed by atoms with van der Waals surface area (Å²) in [5, 5.41) is 9.30. The van der Waals surface area contributed by atoms with Crippen LogP contribution in [0.2, 0.25) is 0 Å². The van der Waals surface area contributed by atoms with Crippen LogP contribution in [0.3, 0.4) is 0 Å². The molecule has 0 aromatic heterocycles. The molecule has 1 aromatic carbocycles. The van der Waals surface area contributed by atoms with E-state index in [1.165, 1.54) is 24.0 Å². The van der Waals surface area contributed by atoms with E-state index in [9.17, 15) is 14.3 Å². The lowest BCUT2D eigenvalue weighted by molar-refractivity contribution is -0.128. The maximum absolute atomic E-state index is 12.9. The molecule has 0 aliphatic carbocycles. The number of hydrogen-bond donors (Lipinski definition) is 1. The second-order valence-electron chi connectivity index (χ2n) is 3.80. The fourth-order valence-corrected chi connectivity index (χ4v) is 1.62. The number of rotatable bonds is 3. The van der Waals surface area contributed by atoms with Crippen LogP contribution in [0.1, 0.15) is 32.4 Å². The summed E-state index contributed by atoms with van der Waals surface area (Å²) in [6.07, 6.45) is 3.41. The third kappa shape index (κ3) is 3.06. The molecule has 0 fully saturated rings. The molecule has 0 heterocycles. The van der Waals surface area contributed by atoms with E-state index < -0.39 is 11.6 Å². The van der Waals surface area contributed by atoms with Crippen LogP contribution in [0.4, 0.5) is 4.39 Å². The summed E-state index contributed by atoms with van der Waals surface area (Å²) in [6, 6.07) is 3.82. The lowest BCUT2D eigenvalue weighted by atomic mass is 10.1. The number of nitrogens with zero attached hydrogens (tertiary/aromatic N) is 1. The molecule has 0 aliphatic rings. The molecule has 1 atom stereocenters. The molecule has 1 N–H and O–H groups in total. The first-order valence-corrected chi connectivity index (χ1v) is 5.37. The quantitative estimate of drug-likeness (QED) is 0.878. The summed E-state index contributed by atoms with van der Waals surface area (Å²) in [5.41, 5.74) is 0.678. The molecule has 1 amide bonds. The maximum Gasteiger partial charge on any atom is 0.223 e. The highest BCUT2D eigenvalue weighted by Gasteiger charge is 2.17. The van der Waals surface area contributed by atoms with Gasteiger partial charge in [0.2, 0.25) is 5.91 Å². The lowest BCUT2D eigenvalue weighted by Crippen LogP contribution is -2.26. The van der Waals surface area contributed by atoms with Gasteiger partial charge in [-0.15, -0.1) is 0 Å². The van der Waals surface area contributed by atoms with Crippen molar-refractivity contribution in [3.8, 4) is 5.75 Å². The molecular formula is C13H16FNO2. The Morgan fingerprint density at radius 2 is 2.18 bits per heavy atom. The molecule has 0 saturated carbocycles. The summed E-state index contributed by atoms with van der Waals surface area (Å²) in [4.78, 5) is 13.0. The largest absolute Gasteiger partial charge is 0.505 e. The molecule has 4 heteroatoms. The van der Waals surface area contributed by atoms with Gasteiger partial charge in [-0.3, -0.25) is 4.79 Å². The molecule has 0 bridgehead atoms. The minimum Gasteiger partial charge on any atom is -0.505 e. The monoisotopic (exact) mass is 237 g/mol. The van der Waals surface area contributed by atoms with Crippen molar-refractivity contribution in [1.29, 1.82) is 0 Å². The topological polar surface area (TPSA) is 40.5 Å². The third-order valence-corrected chi connectivity index (χ3v) is 2.54. The number of phenols is 1. The van der Waals surface area contributed by atoms with Gasteiger partial charge in [0.05, 0.1) is 6.04 Å². The first-order valence-electron chi connectivity index (χ1n) is 5.37. The van der Waals surface area contributed by atoms with E-state index >= 15 is 0 Å². The zero-order chi connectivity index (χ0) is 13.0. The Labute approximate surface area is 100 Å². The summed E-state index contributed by atoms with van der Waals surface area (Å²) in [5.74, 6) is -1.18. The van der Waals surface area contributed by atoms with Crippen LogP contribution < -0.4 is 0 Å². The zero-order valence-electron chi connectivity index (χ0n) is 10.1. The van der Waals surface area contributed by atoms with Crippen molar-refractivity contribution in [3.05, 3.63) is 41.9 Å². The predicted octanol–water partition coefficient (Wildman–Crippen LogP) is 2.97. The minimum atomic E-state index is -0.665. The fraction of sp³-hybridized carbons (Fsp3) is 0.308. The number of hydrogen-bond acceptors (Lipinski definition) is 2. The lowest BCUT2D eigenvalue weighted by Gasteiger charge is -2.25. The predicted molar refractivity (Wildman–Crippen MR) is 63.8 cm³/mol. The normalized spacial score (nSPS) is 12.7. The summed E-state index contributed by atoms with van der Waals surface area (Å²) < 4.78 is 12.9. The van der Waals surface area contributed by atoms with Crippen molar-refractivity contribution in [2.24, 2.45) is 0 Å². The Balaban J connectivity index is 3.04. The van der Waals surface area contributed by atoms with E-state index in [-0.39, 0.29) is 11.9 Å². The molecule has 17 heavy (non-hydrogen) atoms. The second-order valence-corrected chi connectivity index (χ2v) is 3.80. The van der Waals surface area contributed by atoms with E-state index in [0.717, 1.165) is 0 Å². The summed E-state index contributed by atoms with van der Waals surface area (Å²) >= 11 is 0. The van der Waals surface area contributed by atoms with Crippen LogP contribution in [0.5, 0.6) is 5.75 Å². The van der Waals surface area contributed by atoms with Gasteiger partial charge in [-0.05, 0) is 31.5 Å². The number of halogens is 1. The number of aromatic hydroxyl groups is 1. The van der Waals surface area contributed by atoms with Crippen molar-refractivity contribution < 1.29 is 14.3 Å². The molecule has 0 spiro atoms. The maximum atomic E-state index is 12.9. The second kappa shape index (κ2) is 5.48. The van der Waals surface area contributed by atoms with E-state index in [2.05, 4.69) is 0 Å². The Kier molecular flexibility index (Phi) is 4.26. The Morgan fingerprint density at radius 1 is 1.53 bits per heavy atom. The van der Waals surface area contributed by atoms with Crippen LogP contribution in [0.25, 0.3) is 0 Å². The molecule has 0 aliphatic heterocycles. The van der Waals surface area contributed by atoms with E-state index in [1.54, 1.807) is 18.3 Å². The Bertz CT molecular complexity index is 443. The van der Waals surface area contributed by atoms with Gasteiger partial charge in [0, 0.05) is 13.1 Å². The van der Waals surface area contributed by atoms with Crippen molar-refractivity contribution in [2.45, 2.75) is 26.8 Å². The number of allylic oxidation sites excluding steroid dienone is 1. The number of benzene rings is 1. The van der Waals surface area contributed by atoms with Crippen LogP contribution >= 0.6 is 0 Å². The number of carbonyl (C=O) groups is 1. The van der Waals surface area contributed by atoms with E-state index in [0.29, 0.717) is 5.56 Å². The molecular weight excluding hydrogens is 221 g/mol. The SMILES string of the molecule is C/C=C\N(C(C)=O)C(C)c1ccc(F)c(O)c1. The number of phenolic OH excluding ortho intramolecular Hbond substituents is 1. The molecule has 92 valence electrons. The molecule has 0 saturated heterocycles. The zero-order valence-corrected chi connectivity index (χ0v) is 10.1. The van der Waals surface area contributed by atoms with E-state index in [1.807, 2.05) is 13.8 Å². The minimum absolute atomic E-state index is 0.112. The van der Waals surface area contributed by atoms with Crippen molar-refractivity contribution in [3.63, 3.8) is 0 Å². The molecule has 1 unspecified atom stereocenters. The molecule has 0 radical (unpaired) electrons. The van der Waals surface area contributed by atoms with Crippen LogP contribution in [-0.2, 0) is 4.79 Å². The average Bonchev–Trinajstić information content (AvgIpc) is 2.28. The standard InChI is InChI=1S/C13H16FNO2/c1-4-7-15(10(3)16)9(2)11-5-6-12(14)13(17)8-11/h4-9,17H,1-3H3/b7-4-. The van der Waals surface area contributed by atoms with Crippen molar-refractivity contribution in [1.82, 2.24) is 4.90 Å². The average molecular weight is 237 g/mol. The highest BCUT2D eigenvalue weighted by molar-refractivity contribution is 5.75. The van der Waals surface area contributed by atoms with E-state index in [4.69, 9.17) is 0 Å². The van der Waals surface area contributed by atoms with Crippen LogP contribution in [0.15, 0.2) is 30.5 Å². The van der Waals surface area contributed by atoms with Gasteiger partial charge >= 0.3 is 0 Å². The fourth-order valence-electron chi connectivity index (χ4n) is 1.62. The number of carbonyl (C=O) groups excluding carboxylic acids is 1. The van der Waals surface area contributed by atoms with Gasteiger partial charge in [-0.2, -0.15) is 0 Å². The Hall–Kier alpha value is -1.84. The highest BCUT2D eigenvalue weighted by atomic mass is 19.1.